The van der Waals surface area contributed by atoms with Gasteiger partial charge in [-0.15, -0.1) is 0 Å². The zero-order chi connectivity index (χ0) is 13.4. The summed E-state index contributed by atoms with van der Waals surface area (Å²) < 4.78 is 5.11. The first-order valence-electron chi connectivity index (χ1n) is 6.22. The molecule has 0 saturated carbocycles. The van der Waals surface area contributed by atoms with Crippen molar-refractivity contribution in [1.82, 2.24) is 4.90 Å². The Bertz CT molecular complexity index is 251. The third kappa shape index (κ3) is 7.77. The molecule has 0 aromatic rings. The van der Waals surface area contributed by atoms with Crippen LogP contribution in [0.5, 0.6) is 0 Å². The van der Waals surface area contributed by atoms with E-state index in [1.807, 2.05) is 6.92 Å². The summed E-state index contributed by atoms with van der Waals surface area (Å²) in [7, 11) is 3.54. The van der Waals surface area contributed by atoms with Crippen LogP contribution in [0.15, 0.2) is 0 Å². The van der Waals surface area contributed by atoms with Gasteiger partial charge in [-0.25, -0.2) is 0 Å². The fraction of sp³-hybridized carbons (Fsp3) is 0.846. The average Bonchev–Trinajstić information content (AvgIpc) is 2.22. The molecule has 4 nitrogen and oxygen atoms in total. The molecule has 0 rings (SSSR count). The number of hydrogen-bond acceptors (Lipinski definition) is 3. The topological polar surface area (TPSA) is 46.6 Å². The number of rotatable bonds is 7. The van der Waals surface area contributed by atoms with Crippen LogP contribution in [0.1, 0.15) is 46.5 Å². The van der Waals surface area contributed by atoms with Gasteiger partial charge in [-0.1, -0.05) is 13.3 Å². The molecule has 4 heteroatoms. The van der Waals surface area contributed by atoms with Crippen LogP contribution in [0.25, 0.3) is 0 Å². The summed E-state index contributed by atoms with van der Waals surface area (Å²) in [5.74, 6) is 0.284. The summed E-state index contributed by atoms with van der Waals surface area (Å²) in [5.41, 5.74) is 0. The maximum Gasteiger partial charge on any atom is 0.302 e. The third-order valence-electron chi connectivity index (χ3n) is 2.95. The lowest BCUT2D eigenvalue weighted by molar-refractivity contribution is -0.147. The highest BCUT2D eigenvalue weighted by molar-refractivity contribution is 5.75. The normalized spacial score (nSPS) is 13.9. The number of carbonyl (C=O) groups excluding carboxylic acids is 2. The predicted molar refractivity (Wildman–Crippen MR) is 67.6 cm³/mol. The summed E-state index contributed by atoms with van der Waals surface area (Å²) >= 11 is 0. The molecular formula is C13H25NO3. The number of esters is 1. The molecule has 0 heterocycles. The summed E-state index contributed by atoms with van der Waals surface area (Å²) in [5, 5.41) is 0. The van der Waals surface area contributed by atoms with Crippen molar-refractivity contribution in [1.29, 1.82) is 0 Å². The SMILES string of the molecule is CC(=O)OC(C)C(C)CCCCC(=O)N(C)C. The van der Waals surface area contributed by atoms with Gasteiger partial charge in [-0.2, -0.15) is 0 Å². The van der Waals surface area contributed by atoms with Crippen LogP contribution in [0.4, 0.5) is 0 Å². The molecule has 0 aromatic heterocycles. The van der Waals surface area contributed by atoms with Crippen LogP contribution in [0.2, 0.25) is 0 Å². The second kappa shape index (κ2) is 8.09. The van der Waals surface area contributed by atoms with Crippen LogP contribution < -0.4 is 0 Å². The van der Waals surface area contributed by atoms with Gasteiger partial charge in [0.05, 0.1) is 0 Å². The van der Waals surface area contributed by atoms with Crippen molar-refractivity contribution < 1.29 is 14.3 Å². The van der Waals surface area contributed by atoms with Crippen LogP contribution in [0, 0.1) is 5.92 Å². The molecule has 0 fully saturated rings. The van der Waals surface area contributed by atoms with Crippen LogP contribution in [-0.4, -0.2) is 37.0 Å². The molecule has 0 spiro atoms. The minimum absolute atomic E-state index is 0.0444. The highest BCUT2D eigenvalue weighted by Crippen LogP contribution is 2.16. The van der Waals surface area contributed by atoms with Gasteiger partial charge in [0.1, 0.15) is 6.10 Å². The molecule has 0 N–H and O–H groups in total. The lowest BCUT2D eigenvalue weighted by Gasteiger charge is -2.19. The second-order valence-electron chi connectivity index (χ2n) is 4.83. The number of amides is 1. The molecule has 0 bridgehead atoms. The quantitative estimate of drug-likeness (QED) is 0.509. The van der Waals surface area contributed by atoms with Crippen molar-refractivity contribution in [3.8, 4) is 0 Å². The third-order valence-corrected chi connectivity index (χ3v) is 2.95. The standard InChI is InChI=1S/C13H25NO3/c1-10(11(2)17-12(3)15)8-6-7-9-13(16)14(4)5/h10-11H,6-9H2,1-5H3. The van der Waals surface area contributed by atoms with Gasteiger partial charge in [0, 0.05) is 27.4 Å². The number of nitrogens with zero attached hydrogens (tertiary/aromatic N) is 1. The molecule has 0 aliphatic carbocycles. The van der Waals surface area contributed by atoms with Gasteiger partial charge < -0.3 is 9.64 Å². The number of carbonyl (C=O) groups is 2. The van der Waals surface area contributed by atoms with Crippen molar-refractivity contribution in [2.24, 2.45) is 5.92 Å². The Morgan fingerprint density at radius 3 is 2.24 bits per heavy atom. The Balaban J connectivity index is 3.67. The van der Waals surface area contributed by atoms with Crippen LogP contribution in [0.3, 0.4) is 0 Å². The first-order chi connectivity index (χ1) is 7.84. The van der Waals surface area contributed by atoms with E-state index in [1.54, 1.807) is 19.0 Å². The van der Waals surface area contributed by atoms with E-state index in [0.717, 1.165) is 19.3 Å². The van der Waals surface area contributed by atoms with E-state index in [2.05, 4.69) is 6.92 Å². The van der Waals surface area contributed by atoms with E-state index < -0.39 is 0 Å². The maximum atomic E-state index is 11.3. The first kappa shape index (κ1) is 15.9. The van der Waals surface area contributed by atoms with E-state index >= 15 is 0 Å². The molecule has 1 amide bonds. The van der Waals surface area contributed by atoms with Gasteiger partial charge in [-0.05, 0) is 25.7 Å². The van der Waals surface area contributed by atoms with Gasteiger partial charge in [0.25, 0.3) is 0 Å². The van der Waals surface area contributed by atoms with Crippen LogP contribution in [-0.2, 0) is 14.3 Å². The van der Waals surface area contributed by atoms with Gasteiger partial charge in [0.2, 0.25) is 5.91 Å². The van der Waals surface area contributed by atoms with Crippen molar-refractivity contribution in [3.63, 3.8) is 0 Å². The molecule has 0 aromatic carbocycles. The molecule has 100 valence electrons. The smallest absolute Gasteiger partial charge is 0.302 e. The molecule has 2 unspecified atom stereocenters. The van der Waals surface area contributed by atoms with Gasteiger partial charge >= 0.3 is 5.97 Å². The van der Waals surface area contributed by atoms with Crippen molar-refractivity contribution in [2.45, 2.75) is 52.6 Å². The van der Waals surface area contributed by atoms with E-state index in [4.69, 9.17) is 4.74 Å². The van der Waals surface area contributed by atoms with E-state index in [1.165, 1.54) is 6.92 Å². The molecule has 0 aliphatic heterocycles. The predicted octanol–water partition coefficient (Wildman–Crippen LogP) is 2.22. The minimum Gasteiger partial charge on any atom is -0.463 e. The Hall–Kier alpha value is -1.06. The molecular weight excluding hydrogens is 218 g/mol. The highest BCUT2D eigenvalue weighted by Gasteiger charge is 2.14. The lowest BCUT2D eigenvalue weighted by Crippen LogP contribution is -2.22. The van der Waals surface area contributed by atoms with Crippen LogP contribution >= 0.6 is 0 Å². The second-order valence-corrected chi connectivity index (χ2v) is 4.83. The monoisotopic (exact) mass is 243 g/mol. The molecule has 0 aliphatic rings. The zero-order valence-corrected chi connectivity index (χ0v) is 11.7. The summed E-state index contributed by atoms with van der Waals surface area (Å²) in [6.07, 6.45) is 3.43. The molecule has 0 saturated heterocycles. The Kier molecular flexibility index (Phi) is 7.59. The zero-order valence-electron chi connectivity index (χ0n) is 11.7. The Morgan fingerprint density at radius 1 is 1.18 bits per heavy atom. The van der Waals surface area contributed by atoms with E-state index in [9.17, 15) is 9.59 Å². The summed E-state index contributed by atoms with van der Waals surface area (Å²) in [6.45, 7) is 5.41. The Morgan fingerprint density at radius 2 is 1.76 bits per heavy atom. The summed E-state index contributed by atoms with van der Waals surface area (Å²) in [6, 6.07) is 0. The van der Waals surface area contributed by atoms with Crippen molar-refractivity contribution >= 4 is 11.9 Å². The van der Waals surface area contributed by atoms with Crippen molar-refractivity contribution in [3.05, 3.63) is 0 Å². The average molecular weight is 243 g/mol. The maximum absolute atomic E-state index is 11.3. The fourth-order valence-electron chi connectivity index (χ4n) is 1.58. The first-order valence-corrected chi connectivity index (χ1v) is 6.22. The molecule has 17 heavy (non-hydrogen) atoms. The number of unbranched alkanes of at least 4 members (excludes halogenated alkanes) is 1. The minimum atomic E-state index is -0.230. The number of ether oxygens (including phenoxy) is 1. The van der Waals surface area contributed by atoms with Gasteiger partial charge in [-0.3, -0.25) is 9.59 Å². The van der Waals surface area contributed by atoms with Gasteiger partial charge in [0.15, 0.2) is 0 Å². The lowest BCUT2D eigenvalue weighted by atomic mass is 9.98. The number of hydrogen-bond donors (Lipinski definition) is 0. The molecule has 2 atom stereocenters. The molecule has 0 radical (unpaired) electrons. The Labute approximate surface area is 104 Å². The van der Waals surface area contributed by atoms with Crippen molar-refractivity contribution in [2.75, 3.05) is 14.1 Å². The van der Waals surface area contributed by atoms with E-state index in [-0.39, 0.29) is 18.0 Å². The highest BCUT2D eigenvalue weighted by atomic mass is 16.5. The summed E-state index contributed by atoms with van der Waals surface area (Å²) in [4.78, 5) is 23.7. The largest absolute Gasteiger partial charge is 0.463 e. The van der Waals surface area contributed by atoms with E-state index in [0.29, 0.717) is 12.3 Å². The fourth-order valence-corrected chi connectivity index (χ4v) is 1.58.